The largest absolute Gasteiger partial charge is 0.489 e. The van der Waals surface area contributed by atoms with Gasteiger partial charge in [0.25, 0.3) is 0 Å². The molecule has 3 aromatic carbocycles. The number of hydrogen-bond acceptors (Lipinski definition) is 5. The van der Waals surface area contributed by atoms with Gasteiger partial charge < -0.3 is 15.2 Å². The van der Waals surface area contributed by atoms with Gasteiger partial charge in [0.2, 0.25) is 5.88 Å². The zero-order chi connectivity index (χ0) is 23.9. The molecule has 1 aliphatic heterocycles. The van der Waals surface area contributed by atoms with Crippen molar-refractivity contribution in [2.45, 2.75) is 39.2 Å². The number of ether oxygens (including phenoxy) is 2. The van der Waals surface area contributed by atoms with Gasteiger partial charge in [0.15, 0.2) is 5.78 Å². The van der Waals surface area contributed by atoms with Crippen molar-refractivity contribution in [3.8, 4) is 11.8 Å². The quantitative estimate of drug-likeness (QED) is 0.537. The van der Waals surface area contributed by atoms with Crippen LogP contribution in [0.5, 0.6) is 5.75 Å². The van der Waals surface area contributed by atoms with Crippen molar-refractivity contribution in [3.05, 3.63) is 101 Å². The van der Waals surface area contributed by atoms with E-state index in [2.05, 4.69) is 6.07 Å². The summed E-state index contributed by atoms with van der Waals surface area (Å²) in [7, 11) is 0. The second-order valence-electron chi connectivity index (χ2n) is 9.68. The third-order valence-electron chi connectivity index (χ3n) is 6.53. The molecule has 0 bridgehead atoms. The molecule has 3 aromatic rings. The van der Waals surface area contributed by atoms with Crippen LogP contribution in [0.3, 0.4) is 0 Å². The molecule has 1 heterocycles. The van der Waals surface area contributed by atoms with E-state index in [0.717, 1.165) is 21.9 Å². The van der Waals surface area contributed by atoms with Gasteiger partial charge in [-0.15, -0.1) is 0 Å². The van der Waals surface area contributed by atoms with Crippen LogP contribution in [0, 0.1) is 16.7 Å². The van der Waals surface area contributed by atoms with E-state index in [1.165, 1.54) is 0 Å². The molecular weight excluding hydrogens is 424 g/mol. The molecule has 0 aromatic heterocycles. The van der Waals surface area contributed by atoms with E-state index >= 15 is 0 Å². The zero-order valence-electron chi connectivity index (χ0n) is 19.3. The summed E-state index contributed by atoms with van der Waals surface area (Å²) in [5.74, 6) is 0.579. The fraction of sp³-hybridized carbons (Fsp3) is 0.241. The summed E-state index contributed by atoms with van der Waals surface area (Å²) in [6.45, 7) is 4.45. The number of benzene rings is 3. The number of allylic oxidation sites excluding steroid dienone is 3. The van der Waals surface area contributed by atoms with Crippen LogP contribution in [0.1, 0.15) is 43.7 Å². The van der Waals surface area contributed by atoms with E-state index in [-0.39, 0.29) is 22.7 Å². The maximum Gasteiger partial charge on any atom is 0.205 e. The van der Waals surface area contributed by atoms with Gasteiger partial charge in [-0.1, -0.05) is 74.5 Å². The number of carbonyl (C=O) groups excluding carboxylic acids is 1. The van der Waals surface area contributed by atoms with Crippen molar-refractivity contribution < 1.29 is 14.3 Å². The summed E-state index contributed by atoms with van der Waals surface area (Å²) in [5.41, 5.74) is 8.59. The van der Waals surface area contributed by atoms with E-state index in [1.54, 1.807) is 0 Å². The fourth-order valence-corrected chi connectivity index (χ4v) is 5.01. The predicted octanol–water partition coefficient (Wildman–Crippen LogP) is 5.87. The Kier molecular flexibility index (Phi) is 5.37. The summed E-state index contributed by atoms with van der Waals surface area (Å²) in [4.78, 5) is 13.5. The van der Waals surface area contributed by atoms with E-state index in [0.29, 0.717) is 36.5 Å². The Bertz CT molecular complexity index is 1390. The number of nitriles is 1. The third-order valence-corrected chi connectivity index (χ3v) is 6.53. The third kappa shape index (κ3) is 3.82. The maximum atomic E-state index is 13.5. The lowest BCUT2D eigenvalue weighted by atomic mass is 9.69. The van der Waals surface area contributed by atoms with Crippen LogP contribution in [-0.2, 0) is 16.1 Å². The maximum absolute atomic E-state index is 13.5. The zero-order valence-corrected chi connectivity index (χ0v) is 19.3. The topological polar surface area (TPSA) is 85.3 Å². The van der Waals surface area contributed by atoms with E-state index in [1.807, 2.05) is 80.6 Å². The Morgan fingerprint density at radius 3 is 2.56 bits per heavy atom. The predicted molar refractivity (Wildman–Crippen MR) is 130 cm³/mol. The summed E-state index contributed by atoms with van der Waals surface area (Å²) < 4.78 is 12.2. The van der Waals surface area contributed by atoms with Crippen LogP contribution < -0.4 is 10.5 Å². The number of nitrogens with zero attached hydrogens (tertiary/aromatic N) is 1. The lowest BCUT2D eigenvalue weighted by Crippen LogP contribution is -2.33. The van der Waals surface area contributed by atoms with Crippen LogP contribution >= 0.6 is 0 Å². The molecule has 0 spiro atoms. The molecule has 0 amide bonds. The highest BCUT2D eigenvalue weighted by atomic mass is 16.5. The van der Waals surface area contributed by atoms with Gasteiger partial charge in [-0.2, -0.15) is 5.26 Å². The van der Waals surface area contributed by atoms with Crippen LogP contribution in [0.2, 0.25) is 0 Å². The Labute approximate surface area is 199 Å². The number of ketones is 1. The normalized spacial score (nSPS) is 19.4. The average Bonchev–Trinajstić information content (AvgIpc) is 2.81. The summed E-state index contributed by atoms with van der Waals surface area (Å²) in [6, 6.07) is 24.0. The molecule has 0 saturated carbocycles. The number of carbonyl (C=O) groups is 1. The second kappa shape index (κ2) is 8.39. The molecule has 5 heteroatoms. The molecule has 0 saturated heterocycles. The Balaban J connectivity index is 1.72. The van der Waals surface area contributed by atoms with Crippen molar-refractivity contribution in [3.63, 3.8) is 0 Å². The first-order valence-electron chi connectivity index (χ1n) is 11.4. The smallest absolute Gasteiger partial charge is 0.205 e. The molecule has 2 N–H and O–H groups in total. The molecule has 0 radical (unpaired) electrons. The average molecular weight is 451 g/mol. The Morgan fingerprint density at radius 2 is 1.79 bits per heavy atom. The molecule has 1 atom stereocenters. The summed E-state index contributed by atoms with van der Waals surface area (Å²) in [5, 5.41) is 12.0. The standard InChI is InChI=1S/C29H26N2O3/c1-29(2)14-22(32)27-24(15-29)34-28(31)21(16-30)26(27)25-20-11-7-6-10-19(20)12-13-23(25)33-17-18-8-4-3-5-9-18/h3-13,26H,14-15,17,31H2,1-2H3/t26-/m1/s1. The van der Waals surface area contributed by atoms with Crippen molar-refractivity contribution in [2.24, 2.45) is 11.1 Å². The molecule has 0 fully saturated rings. The van der Waals surface area contributed by atoms with E-state index < -0.39 is 5.92 Å². The highest BCUT2D eigenvalue weighted by molar-refractivity contribution is 6.02. The molecule has 170 valence electrons. The Hall–Kier alpha value is -4.04. The van der Waals surface area contributed by atoms with Crippen LogP contribution in [0.4, 0.5) is 0 Å². The van der Waals surface area contributed by atoms with Crippen molar-refractivity contribution in [1.29, 1.82) is 5.26 Å². The van der Waals surface area contributed by atoms with Crippen molar-refractivity contribution in [1.82, 2.24) is 0 Å². The lowest BCUT2D eigenvalue weighted by molar-refractivity contribution is -0.119. The molecule has 0 unspecified atom stereocenters. The minimum atomic E-state index is -0.644. The Morgan fingerprint density at radius 1 is 1.06 bits per heavy atom. The van der Waals surface area contributed by atoms with E-state index in [4.69, 9.17) is 15.2 Å². The fourth-order valence-electron chi connectivity index (χ4n) is 5.01. The van der Waals surface area contributed by atoms with Crippen molar-refractivity contribution in [2.75, 3.05) is 0 Å². The molecule has 5 nitrogen and oxygen atoms in total. The molecule has 34 heavy (non-hydrogen) atoms. The van der Waals surface area contributed by atoms with Crippen LogP contribution in [-0.4, -0.2) is 5.78 Å². The van der Waals surface area contributed by atoms with E-state index in [9.17, 15) is 10.1 Å². The van der Waals surface area contributed by atoms with Crippen LogP contribution in [0.15, 0.2) is 89.5 Å². The van der Waals surface area contributed by atoms with Gasteiger partial charge in [0.05, 0.1) is 5.92 Å². The van der Waals surface area contributed by atoms with Gasteiger partial charge in [-0.05, 0) is 27.8 Å². The number of fused-ring (bicyclic) bond motifs is 1. The van der Waals surface area contributed by atoms with Crippen LogP contribution in [0.25, 0.3) is 10.8 Å². The first-order valence-corrected chi connectivity index (χ1v) is 11.4. The minimum absolute atomic E-state index is 0.0153. The number of hydrogen-bond donors (Lipinski definition) is 1. The lowest BCUT2D eigenvalue weighted by Gasteiger charge is -2.37. The number of Topliss-reactive ketones (excluding diaryl/α,β-unsaturated/α-hetero) is 1. The van der Waals surface area contributed by atoms with Gasteiger partial charge >= 0.3 is 0 Å². The molecule has 2 aliphatic rings. The minimum Gasteiger partial charge on any atom is -0.489 e. The first kappa shape index (κ1) is 21.8. The van der Waals surface area contributed by atoms with Gasteiger partial charge in [-0.25, -0.2) is 0 Å². The molecule has 1 aliphatic carbocycles. The highest BCUT2D eigenvalue weighted by Crippen LogP contribution is 2.51. The summed E-state index contributed by atoms with van der Waals surface area (Å²) >= 11 is 0. The van der Waals surface area contributed by atoms with Gasteiger partial charge in [-0.3, -0.25) is 4.79 Å². The molecular formula is C29H26N2O3. The summed E-state index contributed by atoms with van der Waals surface area (Å²) in [6.07, 6.45) is 0.963. The SMILES string of the molecule is CC1(C)CC(=O)C2=C(C1)OC(N)=C(C#N)[C@@H]2c1c(OCc2ccccc2)ccc2ccccc12. The van der Waals surface area contributed by atoms with Gasteiger partial charge in [0.1, 0.15) is 29.8 Å². The molecule has 5 rings (SSSR count). The number of rotatable bonds is 4. The first-order chi connectivity index (χ1) is 16.4. The monoisotopic (exact) mass is 450 g/mol. The highest BCUT2D eigenvalue weighted by Gasteiger charge is 2.44. The van der Waals surface area contributed by atoms with Gasteiger partial charge in [0, 0.05) is 24.0 Å². The number of nitrogens with two attached hydrogens (primary N) is 1. The van der Waals surface area contributed by atoms with Crippen molar-refractivity contribution >= 4 is 16.6 Å². The second-order valence-corrected chi connectivity index (χ2v) is 9.68.